The van der Waals surface area contributed by atoms with Crippen molar-refractivity contribution in [3.8, 4) is 22.4 Å². The molecule has 128 valence electrons. The molecule has 3 rings (SSSR count). The zero-order chi connectivity index (χ0) is 17.9. The summed E-state index contributed by atoms with van der Waals surface area (Å²) in [5, 5.41) is 0. The maximum Gasteiger partial charge on any atom is 0.0705 e. The SMILES string of the molecule is CCC(C)(c1ccc(-c2ccccc2)cc1-c1ccccn1)C(C)C. The van der Waals surface area contributed by atoms with E-state index in [1.165, 1.54) is 22.3 Å². The van der Waals surface area contributed by atoms with Crippen molar-refractivity contribution in [1.29, 1.82) is 0 Å². The number of benzene rings is 2. The van der Waals surface area contributed by atoms with E-state index in [4.69, 9.17) is 0 Å². The lowest BCUT2D eigenvalue weighted by molar-refractivity contribution is 0.327. The number of rotatable bonds is 5. The fraction of sp³-hybridized carbons (Fsp3) is 0.292. The Bertz CT molecular complexity index is 821. The van der Waals surface area contributed by atoms with E-state index in [1.54, 1.807) is 0 Å². The fourth-order valence-corrected chi connectivity index (χ4v) is 3.50. The molecule has 0 saturated carbocycles. The maximum atomic E-state index is 4.65. The molecule has 0 radical (unpaired) electrons. The lowest BCUT2D eigenvalue weighted by atomic mass is 9.69. The van der Waals surface area contributed by atoms with Crippen molar-refractivity contribution in [1.82, 2.24) is 4.98 Å². The minimum absolute atomic E-state index is 0.127. The van der Waals surface area contributed by atoms with Crippen molar-refractivity contribution in [3.63, 3.8) is 0 Å². The highest BCUT2D eigenvalue weighted by Gasteiger charge is 2.31. The average Bonchev–Trinajstić information content (AvgIpc) is 2.68. The number of pyridine rings is 1. The maximum absolute atomic E-state index is 4.65. The third-order valence-corrected chi connectivity index (χ3v) is 5.69. The van der Waals surface area contributed by atoms with Crippen LogP contribution in [0.5, 0.6) is 0 Å². The van der Waals surface area contributed by atoms with Gasteiger partial charge in [-0.05, 0) is 52.6 Å². The van der Waals surface area contributed by atoms with Gasteiger partial charge in [-0.1, -0.05) is 76.2 Å². The number of hydrogen-bond acceptors (Lipinski definition) is 1. The van der Waals surface area contributed by atoms with Crippen molar-refractivity contribution >= 4 is 0 Å². The Morgan fingerprint density at radius 2 is 1.60 bits per heavy atom. The van der Waals surface area contributed by atoms with Gasteiger partial charge in [-0.2, -0.15) is 0 Å². The van der Waals surface area contributed by atoms with E-state index in [9.17, 15) is 0 Å². The van der Waals surface area contributed by atoms with Gasteiger partial charge in [0, 0.05) is 11.8 Å². The minimum atomic E-state index is 0.127. The Labute approximate surface area is 151 Å². The highest BCUT2D eigenvalue weighted by Crippen LogP contribution is 2.41. The predicted octanol–water partition coefficient (Wildman–Crippen LogP) is 6.74. The van der Waals surface area contributed by atoms with E-state index in [-0.39, 0.29) is 5.41 Å². The van der Waals surface area contributed by atoms with Gasteiger partial charge in [0.2, 0.25) is 0 Å². The van der Waals surface area contributed by atoms with Gasteiger partial charge >= 0.3 is 0 Å². The molecule has 1 heterocycles. The molecule has 0 aliphatic carbocycles. The largest absolute Gasteiger partial charge is 0.256 e. The molecule has 25 heavy (non-hydrogen) atoms. The van der Waals surface area contributed by atoms with E-state index >= 15 is 0 Å². The van der Waals surface area contributed by atoms with E-state index in [0.29, 0.717) is 5.92 Å². The molecule has 0 aliphatic heterocycles. The summed E-state index contributed by atoms with van der Waals surface area (Å²) in [7, 11) is 0. The molecule has 0 spiro atoms. The first-order chi connectivity index (χ1) is 12.1. The standard InChI is InChI=1S/C24H27N/c1-5-24(4,18(2)3)22-15-14-20(19-11-7-6-8-12-19)17-21(22)23-13-9-10-16-25-23/h6-18H,5H2,1-4H3. The van der Waals surface area contributed by atoms with Crippen molar-refractivity contribution in [2.24, 2.45) is 5.92 Å². The van der Waals surface area contributed by atoms with Crippen molar-refractivity contribution < 1.29 is 0 Å². The highest BCUT2D eigenvalue weighted by atomic mass is 14.7. The second-order valence-electron chi connectivity index (χ2n) is 7.27. The van der Waals surface area contributed by atoms with E-state index in [2.05, 4.69) is 93.3 Å². The van der Waals surface area contributed by atoms with Crippen molar-refractivity contribution in [2.45, 2.75) is 39.5 Å². The molecular weight excluding hydrogens is 302 g/mol. The number of nitrogens with zero attached hydrogens (tertiary/aromatic N) is 1. The molecule has 3 aromatic rings. The molecule has 2 aromatic carbocycles. The zero-order valence-electron chi connectivity index (χ0n) is 15.7. The smallest absolute Gasteiger partial charge is 0.0705 e. The van der Waals surface area contributed by atoms with Gasteiger partial charge in [0.15, 0.2) is 0 Å². The molecule has 0 amide bonds. The Hall–Kier alpha value is -2.41. The Morgan fingerprint density at radius 3 is 2.20 bits per heavy atom. The van der Waals surface area contributed by atoms with Gasteiger partial charge in [-0.15, -0.1) is 0 Å². The third-order valence-electron chi connectivity index (χ3n) is 5.69. The van der Waals surface area contributed by atoms with Crippen LogP contribution in [0.4, 0.5) is 0 Å². The molecule has 0 N–H and O–H groups in total. The van der Waals surface area contributed by atoms with Crippen LogP contribution in [0.2, 0.25) is 0 Å². The van der Waals surface area contributed by atoms with Crippen LogP contribution in [0.1, 0.15) is 39.7 Å². The summed E-state index contributed by atoms with van der Waals surface area (Å²) in [6, 6.07) is 23.6. The summed E-state index contributed by atoms with van der Waals surface area (Å²) in [5.74, 6) is 0.558. The highest BCUT2D eigenvalue weighted by molar-refractivity contribution is 5.75. The molecule has 1 aromatic heterocycles. The molecule has 1 atom stereocenters. The Morgan fingerprint density at radius 1 is 0.880 bits per heavy atom. The first-order valence-corrected chi connectivity index (χ1v) is 9.17. The quantitative estimate of drug-likeness (QED) is 0.505. The van der Waals surface area contributed by atoms with Gasteiger partial charge in [-0.3, -0.25) is 4.98 Å². The van der Waals surface area contributed by atoms with Gasteiger partial charge in [0.25, 0.3) is 0 Å². The monoisotopic (exact) mass is 329 g/mol. The first-order valence-electron chi connectivity index (χ1n) is 9.17. The zero-order valence-corrected chi connectivity index (χ0v) is 15.7. The second-order valence-corrected chi connectivity index (χ2v) is 7.27. The summed E-state index contributed by atoms with van der Waals surface area (Å²) < 4.78 is 0. The summed E-state index contributed by atoms with van der Waals surface area (Å²) in [4.78, 5) is 4.65. The topological polar surface area (TPSA) is 12.9 Å². The van der Waals surface area contributed by atoms with Gasteiger partial charge in [0.1, 0.15) is 0 Å². The van der Waals surface area contributed by atoms with Crippen LogP contribution < -0.4 is 0 Å². The molecule has 1 heteroatoms. The van der Waals surface area contributed by atoms with Crippen LogP contribution in [0.25, 0.3) is 22.4 Å². The Kier molecular flexibility index (Phi) is 5.03. The third kappa shape index (κ3) is 3.37. The van der Waals surface area contributed by atoms with E-state index < -0.39 is 0 Å². The normalized spacial score (nSPS) is 13.6. The summed E-state index contributed by atoms with van der Waals surface area (Å²) in [6.45, 7) is 9.29. The van der Waals surface area contributed by atoms with Crippen LogP contribution in [-0.4, -0.2) is 4.98 Å². The fourth-order valence-electron chi connectivity index (χ4n) is 3.50. The van der Waals surface area contributed by atoms with E-state index in [1.807, 2.05) is 12.3 Å². The first kappa shape index (κ1) is 17.4. The lowest BCUT2D eigenvalue weighted by Gasteiger charge is -2.35. The van der Waals surface area contributed by atoms with Crippen LogP contribution in [0, 0.1) is 5.92 Å². The average molecular weight is 329 g/mol. The van der Waals surface area contributed by atoms with Gasteiger partial charge < -0.3 is 0 Å². The molecule has 0 aliphatic rings. The number of hydrogen-bond donors (Lipinski definition) is 0. The summed E-state index contributed by atoms with van der Waals surface area (Å²) in [5.41, 5.74) is 6.31. The Balaban J connectivity index is 2.22. The molecule has 0 fully saturated rings. The van der Waals surface area contributed by atoms with Crippen LogP contribution >= 0.6 is 0 Å². The predicted molar refractivity (Wildman–Crippen MR) is 108 cm³/mol. The van der Waals surface area contributed by atoms with Gasteiger partial charge in [-0.25, -0.2) is 0 Å². The molecule has 0 bridgehead atoms. The van der Waals surface area contributed by atoms with Crippen LogP contribution in [0.3, 0.4) is 0 Å². The molecular formula is C24H27N. The minimum Gasteiger partial charge on any atom is -0.256 e. The summed E-state index contributed by atoms with van der Waals surface area (Å²) in [6.07, 6.45) is 2.99. The van der Waals surface area contributed by atoms with Gasteiger partial charge in [0.05, 0.1) is 5.69 Å². The number of aromatic nitrogens is 1. The van der Waals surface area contributed by atoms with Crippen LogP contribution in [0.15, 0.2) is 72.9 Å². The van der Waals surface area contributed by atoms with Crippen molar-refractivity contribution in [2.75, 3.05) is 0 Å². The van der Waals surface area contributed by atoms with Crippen molar-refractivity contribution in [3.05, 3.63) is 78.5 Å². The molecule has 1 nitrogen and oxygen atoms in total. The van der Waals surface area contributed by atoms with E-state index in [0.717, 1.165) is 12.1 Å². The second kappa shape index (κ2) is 7.23. The lowest BCUT2D eigenvalue weighted by Crippen LogP contribution is -2.28. The summed E-state index contributed by atoms with van der Waals surface area (Å²) >= 11 is 0. The molecule has 0 saturated heterocycles. The van der Waals surface area contributed by atoms with Crippen LogP contribution in [-0.2, 0) is 5.41 Å². The molecule has 1 unspecified atom stereocenters.